The molecule has 1 aliphatic heterocycles. The van der Waals surface area contributed by atoms with Crippen LogP contribution in [0, 0.1) is 0 Å². The Morgan fingerprint density at radius 3 is 2.58 bits per heavy atom. The number of aromatic nitrogens is 1. The fraction of sp³-hybridized carbons (Fsp3) is 0.350. The van der Waals surface area contributed by atoms with Gasteiger partial charge in [-0.25, -0.2) is 0 Å². The highest BCUT2D eigenvalue weighted by Crippen LogP contribution is 2.14. The zero-order chi connectivity index (χ0) is 18.4. The van der Waals surface area contributed by atoms with Crippen molar-refractivity contribution in [2.24, 2.45) is 0 Å². The molecule has 0 saturated carbocycles. The Labute approximate surface area is 153 Å². The standard InChI is InChI=1S/C20H23N3O3/c1-26-17-6-4-15(5-7-17)8-10-22-19(24)18-14-16(9-11-21-18)20(25)23-12-2-3-13-23/h4-7,9,11,14H,2-3,8,10,12-13H2,1H3,(H,22,24). The lowest BCUT2D eigenvalue weighted by Crippen LogP contribution is -2.29. The van der Waals surface area contributed by atoms with E-state index >= 15 is 0 Å². The molecule has 3 rings (SSSR count). The minimum Gasteiger partial charge on any atom is -0.497 e. The van der Waals surface area contributed by atoms with E-state index < -0.39 is 0 Å². The molecular formula is C20H23N3O3. The number of nitrogens with zero attached hydrogens (tertiary/aromatic N) is 2. The van der Waals surface area contributed by atoms with Gasteiger partial charge in [-0.05, 0) is 49.1 Å². The first-order chi connectivity index (χ1) is 12.7. The number of nitrogens with one attached hydrogen (secondary N) is 1. The Balaban J connectivity index is 1.55. The number of pyridine rings is 1. The van der Waals surface area contributed by atoms with Crippen molar-refractivity contribution in [3.05, 3.63) is 59.4 Å². The fourth-order valence-corrected chi connectivity index (χ4v) is 2.99. The van der Waals surface area contributed by atoms with Crippen LogP contribution < -0.4 is 10.1 Å². The molecule has 0 radical (unpaired) electrons. The summed E-state index contributed by atoms with van der Waals surface area (Å²) in [5.41, 5.74) is 1.89. The van der Waals surface area contributed by atoms with Crippen molar-refractivity contribution in [2.45, 2.75) is 19.3 Å². The minimum atomic E-state index is -0.269. The smallest absolute Gasteiger partial charge is 0.269 e. The number of likely N-dealkylation sites (tertiary alicyclic amines) is 1. The van der Waals surface area contributed by atoms with Gasteiger partial charge in [0, 0.05) is 31.4 Å². The van der Waals surface area contributed by atoms with Crippen molar-refractivity contribution < 1.29 is 14.3 Å². The number of amides is 2. The van der Waals surface area contributed by atoms with E-state index in [1.54, 1.807) is 19.2 Å². The summed E-state index contributed by atoms with van der Waals surface area (Å²) in [6.45, 7) is 2.06. The summed E-state index contributed by atoms with van der Waals surface area (Å²) in [5, 5.41) is 2.85. The number of methoxy groups -OCH3 is 1. The van der Waals surface area contributed by atoms with Gasteiger partial charge < -0.3 is 15.0 Å². The predicted octanol–water partition coefficient (Wildman–Crippen LogP) is 2.30. The second-order valence-electron chi connectivity index (χ2n) is 6.28. The van der Waals surface area contributed by atoms with E-state index in [1.807, 2.05) is 29.2 Å². The molecule has 1 fully saturated rings. The molecule has 0 bridgehead atoms. The molecular weight excluding hydrogens is 330 g/mol. The maximum absolute atomic E-state index is 12.4. The van der Waals surface area contributed by atoms with E-state index in [4.69, 9.17) is 4.74 Å². The molecule has 6 nitrogen and oxygen atoms in total. The van der Waals surface area contributed by atoms with Crippen LogP contribution in [0.1, 0.15) is 39.3 Å². The first-order valence-corrected chi connectivity index (χ1v) is 8.84. The van der Waals surface area contributed by atoms with Crippen LogP contribution in [0.2, 0.25) is 0 Å². The summed E-state index contributed by atoms with van der Waals surface area (Å²) in [4.78, 5) is 30.7. The third kappa shape index (κ3) is 4.39. The van der Waals surface area contributed by atoms with E-state index in [0.717, 1.165) is 37.2 Å². The number of hydrogen-bond acceptors (Lipinski definition) is 4. The molecule has 2 amide bonds. The summed E-state index contributed by atoms with van der Waals surface area (Å²) < 4.78 is 5.13. The first kappa shape index (κ1) is 17.9. The number of carbonyl (C=O) groups excluding carboxylic acids is 2. The van der Waals surface area contributed by atoms with E-state index in [-0.39, 0.29) is 17.5 Å². The lowest BCUT2D eigenvalue weighted by atomic mass is 10.1. The van der Waals surface area contributed by atoms with E-state index in [2.05, 4.69) is 10.3 Å². The Kier molecular flexibility index (Phi) is 5.84. The van der Waals surface area contributed by atoms with Crippen molar-refractivity contribution in [3.8, 4) is 5.75 Å². The van der Waals surface area contributed by atoms with Crippen molar-refractivity contribution in [1.82, 2.24) is 15.2 Å². The molecule has 0 aliphatic carbocycles. The average Bonchev–Trinajstić information content (AvgIpc) is 3.23. The van der Waals surface area contributed by atoms with Gasteiger partial charge in [-0.2, -0.15) is 0 Å². The Morgan fingerprint density at radius 1 is 1.15 bits per heavy atom. The molecule has 1 N–H and O–H groups in total. The monoisotopic (exact) mass is 353 g/mol. The largest absolute Gasteiger partial charge is 0.497 e. The van der Waals surface area contributed by atoms with Gasteiger partial charge >= 0.3 is 0 Å². The van der Waals surface area contributed by atoms with Gasteiger partial charge in [0.25, 0.3) is 11.8 Å². The van der Waals surface area contributed by atoms with Gasteiger partial charge in [-0.15, -0.1) is 0 Å². The van der Waals surface area contributed by atoms with Gasteiger partial charge in [-0.3, -0.25) is 14.6 Å². The zero-order valence-corrected chi connectivity index (χ0v) is 14.9. The molecule has 1 aromatic carbocycles. The van der Waals surface area contributed by atoms with Crippen molar-refractivity contribution >= 4 is 11.8 Å². The first-order valence-electron chi connectivity index (χ1n) is 8.84. The molecule has 1 aliphatic rings. The van der Waals surface area contributed by atoms with Crippen LogP contribution in [0.15, 0.2) is 42.6 Å². The summed E-state index contributed by atoms with van der Waals surface area (Å²) >= 11 is 0. The normalized spacial score (nSPS) is 13.5. The highest BCUT2D eigenvalue weighted by atomic mass is 16.5. The number of rotatable bonds is 6. The molecule has 1 aromatic heterocycles. The van der Waals surface area contributed by atoms with Crippen molar-refractivity contribution in [1.29, 1.82) is 0 Å². The Hall–Kier alpha value is -2.89. The van der Waals surface area contributed by atoms with Gasteiger partial charge in [-0.1, -0.05) is 12.1 Å². The third-order valence-electron chi connectivity index (χ3n) is 4.49. The Morgan fingerprint density at radius 2 is 1.88 bits per heavy atom. The van der Waals surface area contributed by atoms with E-state index in [9.17, 15) is 9.59 Å². The van der Waals surface area contributed by atoms with Gasteiger partial charge in [0.05, 0.1) is 7.11 Å². The van der Waals surface area contributed by atoms with Crippen LogP contribution in [0.25, 0.3) is 0 Å². The molecule has 2 heterocycles. The number of carbonyl (C=O) groups is 2. The lowest BCUT2D eigenvalue weighted by Gasteiger charge is -2.15. The molecule has 6 heteroatoms. The molecule has 0 unspecified atom stereocenters. The molecule has 1 saturated heterocycles. The van der Waals surface area contributed by atoms with Crippen molar-refractivity contribution in [3.63, 3.8) is 0 Å². The second-order valence-corrected chi connectivity index (χ2v) is 6.28. The third-order valence-corrected chi connectivity index (χ3v) is 4.49. The number of ether oxygens (including phenoxy) is 1. The van der Waals surface area contributed by atoms with E-state index in [0.29, 0.717) is 18.5 Å². The van der Waals surface area contributed by atoms with Crippen LogP contribution in [0.5, 0.6) is 5.75 Å². The quantitative estimate of drug-likeness (QED) is 0.865. The number of benzene rings is 1. The van der Waals surface area contributed by atoms with E-state index in [1.165, 1.54) is 6.20 Å². The average molecular weight is 353 g/mol. The highest BCUT2D eigenvalue weighted by molar-refractivity contribution is 5.98. The molecule has 0 spiro atoms. The van der Waals surface area contributed by atoms with Crippen LogP contribution in [-0.2, 0) is 6.42 Å². The molecule has 0 atom stereocenters. The van der Waals surface area contributed by atoms with Crippen LogP contribution in [-0.4, -0.2) is 48.4 Å². The second kappa shape index (κ2) is 8.47. The predicted molar refractivity (Wildman–Crippen MR) is 98.4 cm³/mol. The van der Waals surface area contributed by atoms with Gasteiger partial charge in [0.1, 0.15) is 11.4 Å². The summed E-state index contributed by atoms with van der Waals surface area (Å²) in [7, 11) is 1.63. The summed E-state index contributed by atoms with van der Waals surface area (Å²) in [6.07, 6.45) is 4.30. The maximum atomic E-state index is 12.4. The number of hydrogen-bond donors (Lipinski definition) is 1. The van der Waals surface area contributed by atoms with Gasteiger partial charge in [0.2, 0.25) is 0 Å². The zero-order valence-electron chi connectivity index (χ0n) is 14.9. The fourth-order valence-electron chi connectivity index (χ4n) is 2.99. The topological polar surface area (TPSA) is 71.5 Å². The molecule has 136 valence electrons. The summed E-state index contributed by atoms with van der Waals surface area (Å²) in [5.74, 6) is 0.508. The van der Waals surface area contributed by atoms with Crippen LogP contribution >= 0.6 is 0 Å². The molecule has 26 heavy (non-hydrogen) atoms. The SMILES string of the molecule is COc1ccc(CCNC(=O)c2cc(C(=O)N3CCCC3)ccn2)cc1. The summed E-state index contributed by atoms with van der Waals surface area (Å²) in [6, 6.07) is 11.0. The van der Waals surface area contributed by atoms with Crippen LogP contribution in [0.3, 0.4) is 0 Å². The maximum Gasteiger partial charge on any atom is 0.269 e. The lowest BCUT2D eigenvalue weighted by molar-refractivity contribution is 0.0792. The minimum absolute atomic E-state index is 0.0304. The highest BCUT2D eigenvalue weighted by Gasteiger charge is 2.20. The van der Waals surface area contributed by atoms with Gasteiger partial charge in [0.15, 0.2) is 0 Å². The Bertz CT molecular complexity index is 768. The van der Waals surface area contributed by atoms with Crippen LogP contribution in [0.4, 0.5) is 0 Å². The molecule has 2 aromatic rings. The van der Waals surface area contributed by atoms with Crippen molar-refractivity contribution in [2.75, 3.05) is 26.7 Å².